The highest BCUT2D eigenvalue weighted by Crippen LogP contribution is 1.97. The van der Waals surface area contributed by atoms with Crippen molar-refractivity contribution in [3.63, 3.8) is 0 Å². The lowest BCUT2D eigenvalue weighted by atomic mass is 10.3. The van der Waals surface area contributed by atoms with E-state index >= 15 is 0 Å². The van der Waals surface area contributed by atoms with Crippen LogP contribution in [0.2, 0.25) is 0 Å². The van der Waals surface area contributed by atoms with Crippen molar-refractivity contribution in [1.29, 1.82) is 0 Å². The minimum absolute atomic E-state index is 0.230. The molecule has 0 aliphatic carbocycles. The highest BCUT2D eigenvalue weighted by Gasteiger charge is 2.01. The van der Waals surface area contributed by atoms with Crippen molar-refractivity contribution in [3.05, 3.63) is 0 Å². The summed E-state index contributed by atoms with van der Waals surface area (Å²) < 4.78 is 20.9. The first-order valence-corrected chi connectivity index (χ1v) is 5.57. The van der Waals surface area contributed by atoms with Crippen LogP contribution in [0.4, 0.5) is 0 Å². The zero-order chi connectivity index (χ0) is 11.4. The van der Waals surface area contributed by atoms with Gasteiger partial charge in [0.15, 0.2) is 0 Å². The van der Waals surface area contributed by atoms with Gasteiger partial charge in [0.05, 0.1) is 32.5 Å². The van der Waals surface area contributed by atoms with Crippen molar-refractivity contribution in [1.82, 2.24) is 0 Å². The maximum atomic E-state index is 5.51. The number of methoxy groups -OCH3 is 1. The number of rotatable bonds is 11. The predicted molar refractivity (Wildman–Crippen MR) is 59.2 cm³/mol. The maximum absolute atomic E-state index is 5.51. The van der Waals surface area contributed by atoms with Gasteiger partial charge in [-0.1, -0.05) is 0 Å². The lowest BCUT2D eigenvalue weighted by Gasteiger charge is -2.12. The molecule has 0 bridgehead atoms. The van der Waals surface area contributed by atoms with Gasteiger partial charge >= 0.3 is 0 Å². The molecule has 4 heteroatoms. The molecule has 0 aliphatic heterocycles. The van der Waals surface area contributed by atoms with E-state index in [1.165, 1.54) is 0 Å². The molecule has 0 aliphatic rings. The molecule has 0 spiro atoms. The largest absolute Gasteiger partial charge is 0.382 e. The van der Waals surface area contributed by atoms with Crippen molar-refractivity contribution in [2.45, 2.75) is 26.4 Å². The smallest absolute Gasteiger partial charge is 0.0704 e. The fraction of sp³-hybridized carbons (Fsp3) is 1.00. The molecule has 4 nitrogen and oxygen atoms in total. The molecule has 0 heterocycles. The Labute approximate surface area is 92.8 Å². The second-order valence-corrected chi connectivity index (χ2v) is 3.27. The zero-order valence-corrected chi connectivity index (χ0v) is 10.2. The molecule has 92 valence electrons. The molecule has 1 unspecified atom stereocenters. The van der Waals surface area contributed by atoms with E-state index in [1.807, 2.05) is 13.8 Å². The molecular formula is C11H24O4. The Morgan fingerprint density at radius 1 is 0.933 bits per heavy atom. The van der Waals surface area contributed by atoms with E-state index in [9.17, 15) is 0 Å². The average molecular weight is 220 g/mol. The van der Waals surface area contributed by atoms with Crippen molar-refractivity contribution < 1.29 is 18.9 Å². The molecule has 0 aromatic rings. The van der Waals surface area contributed by atoms with Gasteiger partial charge in [0, 0.05) is 20.3 Å². The third-order valence-corrected chi connectivity index (χ3v) is 1.93. The number of ether oxygens (including phenoxy) is 4. The lowest BCUT2D eigenvalue weighted by molar-refractivity contribution is -0.00588. The molecule has 0 aromatic heterocycles. The highest BCUT2D eigenvalue weighted by molar-refractivity contribution is 4.49. The van der Waals surface area contributed by atoms with Crippen LogP contribution in [0.15, 0.2) is 0 Å². The van der Waals surface area contributed by atoms with E-state index in [-0.39, 0.29) is 6.10 Å². The van der Waals surface area contributed by atoms with Crippen LogP contribution in [0.25, 0.3) is 0 Å². The molecule has 0 aromatic carbocycles. The Kier molecular flexibility index (Phi) is 11.8. The van der Waals surface area contributed by atoms with Crippen LogP contribution in [-0.2, 0) is 18.9 Å². The van der Waals surface area contributed by atoms with Crippen molar-refractivity contribution in [3.8, 4) is 0 Å². The Hall–Kier alpha value is -0.160. The molecule has 1 atom stereocenters. The minimum Gasteiger partial charge on any atom is -0.382 e. The molecule has 0 rings (SSSR count). The third-order valence-electron chi connectivity index (χ3n) is 1.93. The summed E-state index contributed by atoms with van der Waals surface area (Å²) in [5.41, 5.74) is 0. The summed E-state index contributed by atoms with van der Waals surface area (Å²) >= 11 is 0. The molecule has 0 saturated heterocycles. The van der Waals surface area contributed by atoms with Crippen molar-refractivity contribution in [2.24, 2.45) is 0 Å². The summed E-state index contributed by atoms with van der Waals surface area (Å²) in [6.45, 7) is 8.13. The van der Waals surface area contributed by atoms with Crippen LogP contribution in [0, 0.1) is 0 Å². The quantitative estimate of drug-likeness (QED) is 0.494. The second kappa shape index (κ2) is 11.9. The Balaban J connectivity index is 3.08. The number of hydrogen-bond donors (Lipinski definition) is 0. The number of hydrogen-bond acceptors (Lipinski definition) is 4. The summed E-state index contributed by atoms with van der Waals surface area (Å²) in [4.78, 5) is 0. The van der Waals surface area contributed by atoms with Crippen molar-refractivity contribution in [2.75, 3.05) is 46.8 Å². The summed E-state index contributed by atoms with van der Waals surface area (Å²) in [6, 6.07) is 0. The SMILES string of the molecule is CCOCCOC(C)CCOCCOC. The van der Waals surface area contributed by atoms with Gasteiger partial charge < -0.3 is 18.9 Å². The summed E-state index contributed by atoms with van der Waals surface area (Å²) in [6.07, 6.45) is 1.14. The van der Waals surface area contributed by atoms with Gasteiger partial charge in [-0.05, 0) is 20.3 Å². The third kappa shape index (κ3) is 11.8. The standard InChI is InChI=1S/C11H24O4/c1-4-13-9-10-15-11(2)5-6-14-8-7-12-3/h11H,4-10H2,1-3H3. The van der Waals surface area contributed by atoms with Gasteiger partial charge in [0.2, 0.25) is 0 Å². The lowest BCUT2D eigenvalue weighted by Crippen LogP contribution is -2.16. The molecule has 0 N–H and O–H groups in total. The molecule has 0 saturated carbocycles. The fourth-order valence-electron chi connectivity index (χ4n) is 1.03. The summed E-state index contributed by atoms with van der Waals surface area (Å²) in [5, 5.41) is 0. The molecular weight excluding hydrogens is 196 g/mol. The van der Waals surface area contributed by atoms with Gasteiger partial charge in [0.25, 0.3) is 0 Å². The van der Waals surface area contributed by atoms with Gasteiger partial charge in [-0.2, -0.15) is 0 Å². The summed E-state index contributed by atoms with van der Waals surface area (Å²) in [7, 11) is 1.67. The van der Waals surface area contributed by atoms with Gasteiger partial charge in [0.1, 0.15) is 0 Å². The monoisotopic (exact) mass is 220 g/mol. The zero-order valence-electron chi connectivity index (χ0n) is 10.2. The molecule has 15 heavy (non-hydrogen) atoms. The van der Waals surface area contributed by atoms with E-state index in [4.69, 9.17) is 18.9 Å². The van der Waals surface area contributed by atoms with Crippen LogP contribution < -0.4 is 0 Å². The van der Waals surface area contributed by atoms with Crippen LogP contribution in [-0.4, -0.2) is 52.9 Å². The summed E-state index contributed by atoms with van der Waals surface area (Å²) in [5.74, 6) is 0. The highest BCUT2D eigenvalue weighted by atomic mass is 16.5. The van der Waals surface area contributed by atoms with E-state index < -0.39 is 0 Å². The molecule has 0 amide bonds. The first kappa shape index (κ1) is 14.8. The van der Waals surface area contributed by atoms with E-state index in [0.29, 0.717) is 26.4 Å². The van der Waals surface area contributed by atoms with E-state index in [0.717, 1.165) is 19.6 Å². The van der Waals surface area contributed by atoms with Gasteiger partial charge in [-0.15, -0.1) is 0 Å². The van der Waals surface area contributed by atoms with Gasteiger partial charge in [-0.3, -0.25) is 0 Å². The molecule has 0 fully saturated rings. The second-order valence-electron chi connectivity index (χ2n) is 3.27. The van der Waals surface area contributed by atoms with Crippen LogP contribution >= 0.6 is 0 Å². The Bertz CT molecular complexity index is 119. The van der Waals surface area contributed by atoms with Gasteiger partial charge in [-0.25, -0.2) is 0 Å². The van der Waals surface area contributed by atoms with Crippen molar-refractivity contribution >= 4 is 0 Å². The minimum atomic E-state index is 0.230. The predicted octanol–water partition coefficient (Wildman–Crippen LogP) is 1.48. The topological polar surface area (TPSA) is 36.9 Å². The fourth-order valence-corrected chi connectivity index (χ4v) is 1.03. The Morgan fingerprint density at radius 3 is 2.33 bits per heavy atom. The normalized spacial score (nSPS) is 13.0. The Morgan fingerprint density at radius 2 is 1.67 bits per heavy atom. The van der Waals surface area contributed by atoms with Crippen LogP contribution in [0.1, 0.15) is 20.3 Å². The average Bonchev–Trinajstić information content (AvgIpc) is 2.24. The van der Waals surface area contributed by atoms with E-state index in [2.05, 4.69) is 0 Å². The van der Waals surface area contributed by atoms with Crippen LogP contribution in [0.3, 0.4) is 0 Å². The molecule has 0 radical (unpaired) electrons. The van der Waals surface area contributed by atoms with E-state index in [1.54, 1.807) is 7.11 Å². The first-order valence-electron chi connectivity index (χ1n) is 5.57. The van der Waals surface area contributed by atoms with Crippen LogP contribution in [0.5, 0.6) is 0 Å². The maximum Gasteiger partial charge on any atom is 0.0704 e. The first-order chi connectivity index (χ1) is 7.31.